The van der Waals surface area contributed by atoms with Crippen molar-refractivity contribution in [2.24, 2.45) is 5.84 Å². The van der Waals surface area contributed by atoms with Crippen molar-refractivity contribution in [2.75, 3.05) is 10.7 Å². The molecule has 0 bridgehead atoms. The molecule has 1 heterocycles. The van der Waals surface area contributed by atoms with Crippen molar-refractivity contribution in [3.8, 4) is 0 Å². The van der Waals surface area contributed by atoms with E-state index in [-0.39, 0.29) is 22.5 Å². The Balaban J connectivity index is 2.36. The van der Waals surface area contributed by atoms with Gasteiger partial charge in [0.25, 0.3) is 0 Å². The summed E-state index contributed by atoms with van der Waals surface area (Å²) >= 11 is 5.84. The van der Waals surface area contributed by atoms with Gasteiger partial charge in [0, 0.05) is 0 Å². The summed E-state index contributed by atoms with van der Waals surface area (Å²) in [4.78, 5) is 7.31. The average Bonchev–Trinajstić information content (AvgIpc) is 2.36. The van der Waals surface area contributed by atoms with Crippen molar-refractivity contribution in [2.45, 2.75) is 0 Å². The van der Waals surface area contributed by atoms with Gasteiger partial charge in [0.05, 0.1) is 16.9 Å². The molecule has 0 saturated carbocycles. The van der Waals surface area contributed by atoms with E-state index in [0.717, 1.165) is 12.3 Å². The highest BCUT2D eigenvalue weighted by Gasteiger charge is 2.09. The van der Waals surface area contributed by atoms with Gasteiger partial charge in [-0.15, -0.1) is 0 Å². The number of rotatable bonds is 3. The fourth-order valence-electron chi connectivity index (χ4n) is 1.25. The highest BCUT2D eigenvalue weighted by Crippen LogP contribution is 2.26. The molecule has 0 fully saturated rings. The first-order valence-electron chi connectivity index (χ1n) is 4.81. The third kappa shape index (κ3) is 2.63. The third-order valence-corrected chi connectivity index (χ3v) is 2.38. The molecular weight excluding hydrogens is 264 g/mol. The molecule has 0 amide bonds. The largest absolute Gasteiger partial charge is 0.336 e. The highest BCUT2D eigenvalue weighted by molar-refractivity contribution is 6.33. The summed E-state index contributed by atoms with van der Waals surface area (Å²) in [6, 6.07) is 3.66. The van der Waals surface area contributed by atoms with Gasteiger partial charge in [0.2, 0.25) is 5.95 Å². The zero-order valence-electron chi connectivity index (χ0n) is 8.92. The normalized spacial score (nSPS) is 10.2. The van der Waals surface area contributed by atoms with Gasteiger partial charge in [-0.25, -0.2) is 19.6 Å². The maximum absolute atomic E-state index is 13.4. The van der Waals surface area contributed by atoms with Crippen molar-refractivity contribution in [1.82, 2.24) is 9.97 Å². The molecule has 4 N–H and O–H groups in total. The van der Waals surface area contributed by atoms with Gasteiger partial charge < -0.3 is 5.32 Å². The van der Waals surface area contributed by atoms with E-state index in [2.05, 4.69) is 20.7 Å². The molecule has 0 radical (unpaired) electrons. The number of halogens is 3. The summed E-state index contributed by atoms with van der Waals surface area (Å²) in [5.41, 5.74) is 2.36. The summed E-state index contributed by atoms with van der Waals surface area (Å²) in [5, 5.41) is 2.80. The molecule has 0 aliphatic rings. The van der Waals surface area contributed by atoms with Crippen molar-refractivity contribution >= 4 is 29.1 Å². The number of nitrogens with zero attached hydrogens (tertiary/aromatic N) is 2. The van der Waals surface area contributed by atoms with Gasteiger partial charge in [-0.1, -0.05) is 11.6 Å². The lowest BCUT2D eigenvalue weighted by Gasteiger charge is -2.09. The highest BCUT2D eigenvalue weighted by atomic mass is 35.5. The summed E-state index contributed by atoms with van der Waals surface area (Å²) in [6.45, 7) is 0. The first-order chi connectivity index (χ1) is 8.60. The van der Waals surface area contributed by atoms with E-state index in [9.17, 15) is 8.78 Å². The van der Waals surface area contributed by atoms with Crippen LogP contribution in [-0.4, -0.2) is 9.97 Å². The zero-order valence-corrected chi connectivity index (χ0v) is 9.67. The minimum Gasteiger partial charge on any atom is -0.336 e. The lowest BCUT2D eigenvalue weighted by atomic mass is 10.3. The van der Waals surface area contributed by atoms with E-state index in [0.29, 0.717) is 0 Å². The molecule has 8 heteroatoms. The fourth-order valence-corrected chi connectivity index (χ4v) is 1.41. The van der Waals surface area contributed by atoms with Gasteiger partial charge in [-0.3, -0.25) is 5.43 Å². The first kappa shape index (κ1) is 12.5. The van der Waals surface area contributed by atoms with E-state index >= 15 is 0 Å². The standard InChI is InChI=1S/C10H8ClF2N5/c11-6-2-1-5(12)3-8(6)16-9-7(13)4-15-10(17-9)18-14/h1-4H,14H2,(H2,15,16,17,18). The Hall–Kier alpha value is -1.99. The van der Waals surface area contributed by atoms with Crippen LogP contribution in [0.25, 0.3) is 0 Å². The molecule has 94 valence electrons. The van der Waals surface area contributed by atoms with Crippen LogP contribution in [0, 0.1) is 11.6 Å². The van der Waals surface area contributed by atoms with E-state index in [1.807, 2.05) is 0 Å². The van der Waals surface area contributed by atoms with E-state index < -0.39 is 11.6 Å². The van der Waals surface area contributed by atoms with Crippen LogP contribution in [0.3, 0.4) is 0 Å². The Morgan fingerprint density at radius 2 is 2.06 bits per heavy atom. The Bertz CT molecular complexity index is 578. The van der Waals surface area contributed by atoms with Crippen molar-refractivity contribution in [3.05, 3.63) is 41.1 Å². The molecule has 5 nitrogen and oxygen atoms in total. The van der Waals surface area contributed by atoms with Crippen LogP contribution in [0.4, 0.5) is 26.2 Å². The Morgan fingerprint density at radius 1 is 1.28 bits per heavy atom. The number of hydrogen-bond donors (Lipinski definition) is 3. The Kier molecular flexibility index (Phi) is 3.54. The summed E-state index contributed by atoms with van der Waals surface area (Å²) in [5.74, 6) is 3.74. The van der Waals surface area contributed by atoms with Gasteiger partial charge >= 0.3 is 0 Å². The molecule has 0 aliphatic carbocycles. The van der Waals surface area contributed by atoms with Gasteiger partial charge in [-0.2, -0.15) is 4.98 Å². The molecule has 1 aromatic heterocycles. The van der Waals surface area contributed by atoms with E-state index in [1.54, 1.807) is 0 Å². The predicted molar refractivity (Wildman–Crippen MR) is 64.5 cm³/mol. The molecule has 2 aromatic rings. The summed E-state index contributed by atoms with van der Waals surface area (Å²) in [7, 11) is 0. The number of nitrogens with two attached hydrogens (primary N) is 1. The minimum atomic E-state index is -0.714. The minimum absolute atomic E-state index is 0.0198. The maximum Gasteiger partial charge on any atom is 0.239 e. The van der Waals surface area contributed by atoms with Gasteiger partial charge in [0.15, 0.2) is 11.6 Å². The smallest absolute Gasteiger partial charge is 0.239 e. The topological polar surface area (TPSA) is 75.9 Å². The molecular formula is C10H8ClF2N5. The summed E-state index contributed by atoms with van der Waals surface area (Å²) in [6.07, 6.45) is 0.928. The van der Waals surface area contributed by atoms with Gasteiger partial charge in [-0.05, 0) is 18.2 Å². The van der Waals surface area contributed by atoms with Crippen molar-refractivity contribution in [3.63, 3.8) is 0 Å². The molecule has 0 unspecified atom stereocenters. The first-order valence-corrected chi connectivity index (χ1v) is 5.19. The molecule has 2 rings (SSSR count). The van der Waals surface area contributed by atoms with E-state index in [1.165, 1.54) is 12.1 Å². The molecule has 18 heavy (non-hydrogen) atoms. The molecule has 1 aromatic carbocycles. The van der Waals surface area contributed by atoms with Crippen LogP contribution in [0.2, 0.25) is 5.02 Å². The lowest BCUT2D eigenvalue weighted by molar-refractivity contribution is 0.618. The van der Waals surface area contributed by atoms with Crippen LogP contribution in [0.5, 0.6) is 0 Å². The number of aromatic nitrogens is 2. The number of anilines is 3. The molecule has 0 aliphatic heterocycles. The van der Waals surface area contributed by atoms with Crippen LogP contribution < -0.4 is 16.6 Å². The average molecular weight is 272 g/mol. The summed E-state index contributed by atoms with van der Waals surface area (Å²) < 4.78 is 26.5. The SMILES string of the molecule is NNc1ncc(F)c(Nc2cc(F)ccc2Cl)n1. The second-order valence-corrected chi connectivity index (χ2v) is 3.69. The van der Waals surface area contributed by atoms with Crippen molar-refractivity contribution in [1.29, 1.82) is 0 Å². The van der Waals surface area contributed by atoms with Crippen LogP contribution in [0.1, 0.15) is 0 Å². The third-order valence-electron chi connectivity index (χ3n) is 2.05. The molecule has 0 spiro atoms. The molecule has 0 saturated heterocycles. The van der Waals surface area contributed by atoms with Crippen molar-refractivity contribution < 1.29 is 8.78 Å². The number of hydrazine groups is 1. The van der Waals surface area contributed by atoms with E-state index in [4.69, 9.17) is 17.4 Å². The van der Waals surface area contributed by atoms with Crippen LogP contribution in [0.15, 0.2) is 24.4 Å². The number of nitrogens with one attached hydrogen (secondary N) is 2. The zero-order chi connectivity index (χ0) is 13.1. The number of hydrogen-bond acceptors (Lipinski definition) is 5. The predicted octanol–water partition coefficient (Wildman–Crippen LogP) is 2.44. The second-order valence-electron chi connectivity index (χ2n) is 3.28. The Morgan fingerprint density at radius 3 is 2.78 bits per heavy atom. The van der Waals surface area contributed by atoms with Gasteiger partial charge in [0.1, 0.15) is 5.82 Å². The Labute approximate surface area is 106 Å². The maximum atomic E-state index is 13.4. The number of nitrogen functional groups attached to an aromatic ring is 1. The monoisotopic (exact) mass is 271 g/mol. The quantitative estimate of drug-likeness (QED) is 0.590. The number of benzene rings is 1. The fraction of sp³-hybridized carbons (Fsp3) is 0. The van der Waals surface area contributed by atoms with Crippen LogP contribution >= 0.6 is 11.6 Å². The second kappa shape index (κ2) is 5.11. The molecule has 0 atom stereocenters. The van der Waals surface area contributed by atoms with Crippen LogP contribution in [-0.2, 0) is 0 Å². The lowest BCUT2D eigenvalue weighted by Crippen LogP contribution is -2.12.